The lowest BCUT2D eigenvalue weighted by Gasteiger charge is -2.23. The van der Waals surface area contributed by atoms with E-state index < -0.39 is 20.0 Å². The van der Waals surface area contributed by atoms with E-state index in [-0.39, 0.29) is 23.8 Å². The summed E-state index contributed by atoms with van der Waals surface area (Å²) in [5, 5.41) is 0. The van der Waals surface area contributed by atoms with Crippen LogP contribution in [-0.4, -0.2) is 64.1 Å². The number of aromatic nitrogens is 2. The minimum absolute atomic E-state index is 0. The van der Waals surface area contributed by atoms with Gasteiger partial charge in [0.15, 0.2) is 0 Å². The predicted molar refractivity (Wildman–Crippen MR) is 126 cm³/mol. The van der Waals surface area contributed by atoms with Gasteiger partial charge in [-0.15, -0.1) is 12.4 Å². The molecule has 0 aliphatic heterocycles. The van der Waals surface area contributed by atoms with Gasteiger partial charge < -0.3 is 9.47 Å². The molecule has 0 aliphatic carbocycles. The normalized spacial score (nSPS) is 12.0. The number of anilines is 2. The van der Waals surface area contributed by atoms with Crippen molar-refractivity contribution in [3.8, 4) is 0 Å². The highest BCUT2D eigenvalue weighted by Gasteiger charge is 2.22. The van der Waals surface area contributed by atoms with Crippen LogP contribution in [0.25, 0.3) is 11.0 Å². The molecule has 9 nitrogen and oxygen atoms in total. The van der Waals surface area contributed by atoms with Crippen molar-refractivity contribution < 1.29 is 16.8 Å². The Morgan fingerprint density at radius 1 is 0.968 bits per heavy atom. The Kier molecular flexibility index (Phi) is 7.58. The molecule has 170 valence electrons. The molecule has 1 N–H and O–H groups in total. The molecule has 0 radical (unpaired) electrons. The molecule has 31 heavy (non-hydrogen) atoms. The Morgan fingerprint density at radius 2 is 1.58 bits per heavy atom. The standard InChI is InChI=1S/C19H25N5O4S2.ClH/c1-22(19-20-17-7-5-6-8-18(17)24(19)3)13-14-23(2)30(27,28)16-11-9-15(10-12-16)21-29(4,25)26;/h5-12,21H,13-14H2,1-4H3;1H. The maximum atomic E-state index is 12.8. The van der Waals surface area contributed by atoms with Crippen LogP contribution in [-0.2, 0) is 27.1 Å². The number of fused-ring (bicyclic) bond motifs is 1. The first kappa shape index (κ1) is 24.9. The Hall–Kier alpha value is -2.34. The average Bonchev–Trinajstić information content (AvgIpc) is 3.02. The van der Waals surface area contributed by atoms with Gasteiger partial charge in [-0.25, -0.2) is 21.8 Å². The summed E-state index contributed by atoms with van der Waals surface area (Å²) in [4.78, 5) is 6.61. The number of nitrogens with zero attached hydrogens (tertiary/aromatic N) is 4. The molecule has 3 aromatic rings. The molecule has 1 aromatic heterocycles. The third-order valence-electron chi connectivity index (χ3n) is 4.72. The minimum Gasteiger partial charge on any atom is -0.344 e. The largest absolute Gasteiger partial charge is 0.344 e. The molecule has 0 saturated heterocycles. The van der Waals surface area contributed by atoms with Crippen molar-refractivity contribution in [3.05, 3.63) is 48.5 Å². The summed E-state index contributed by atoms with van der Waals surface area (Å²) in [7, 11) is -1.83. The number of imidazole rings is 1. The fourth-order valence-electron chi connectivity index (χ4n) is 3.07. The van der Waals surface area contributed by atoms with E-state index in [4.69, 9.17) is 0 Å². The number of halogens is 1. The van der Waals surface area contributed by atoms with E-state index in [2.05, 4.69) is 9.71 Å². The molecule has 1 heterocycles. The van der Waals surface area contributed by atoms with Crippen LogP contribution in [0.15, 0.2) is 53.4 Å². The zero-order valence-electron chi connectivity index (χ0n) is 17.7. The SMILES string of the molecule is CN(CCN(C)S(=O)(=O)c1ccc(NS(C)(=O)=O)cc1)c1nc2ccccc2n1C.Cl. The number of likely N-dealkylation sites (N-methyl/N-ethyl adjacent to an activating group) is 2. The van der Waals surface area contributed by atoms with Crippen molar-refractivity contribution >= 4 is 55.1 Å². The van der Waals surface area contributed by atoms with E-state index in [1.54, 1.807) is 0 Å². The summed E-state index contributed by atoms with van der Waals surface area (Å²) < 4.78 is 53.8. The molecule has 0 fully saturated rings. The fraction of sp³-hybridized carbons (Fsp3) is 0.316. The summed E-state index contributed by atoms with van der Waals surface area (Å²) in [5.74, 6) is 0.748. The first-order valence-electron chi connectivity index (χ1n) is 9.16. The number of sulfonamides is 2. The van der Waals surface area contributed by atoms with Crippen molar-refractivity contribution in [1.29, 1.82) is 0 Å². The van der Waals surface area contributed by atoms with Gasteiger partial charge in [0, 0.05) is 39.9 Å². The Balaban J connectivity index is 0.00000341. The second-order valence-corrected chi connectivity index (χ2v) is 10.9. The molecule has 0 bridgehead atoms. The monoisotopic (exact) mass is 487 g/mol. The molecule has 0 amide bonds. The predicted octanol–water partition coefficient (Wildman–Crippen LogP) is 2.12. The number of nitrogens with one attached hydrogen (secondary N) is 1. The van der Waals surface area contributed by atoms with Gasteiger partial charge in [0.1, 0.15) is 0 Å². The highest BCUT2D eigenvalue weighted by atomic mass is 35.5. The van der Waals surface area contributed by atoms with Gasteiger partial charge in [-0.2, -0.15) is 4.31 Å². The van der Waals surface area contributed by atoms with E-state index in [1.807, 2.05) is 47.8 Å². The summed E-state index contributed by atoms with van der Waals surface area (Å²) in [5.41, 5.74) is 2.19. The van der Waals surface area contributed by atoms with Gasteiger partial charge in [-0.05, 0) is 36.4 Å². The molecular formula is C19H26ClN5O4S2. The Morgan fingerprint density at radius 3 is 2.16 bits per heavy atom. The second-order valence-electron chi connectivity index (χ2n) is 7.11. The van der Waals surface area contributed by atoms with Crippen LogP contribution < -0.4 is 9.62 Å². The van der Waals surface area contributed by atoms with Gasteiger partial charge in [0.2, 0.25) is 26.0 Å². The van der Waals surface area contributed by atoms with Crippen molar-refractivity contribution in [1.82, 2.24) is 13.9 Å². The van der Waals surface area contributed by atoms with E-state index in [0.29, 0.717) is 12.2 Å². The first-order valence-corrected chi connectivity index (χ1v) is 12.5. The molecule has 0 saturated carbocycles. The molecule has 0 atom stereocenters. The minimum atomic E-state index is -3.71. The van der Waals surface area contributed by atoms with Crippen molar-refractivity contribution in [2.45, 2.75) is 4.90 Å². The lowest BCUT2D eigenvalue weighted by Crippen LogP contribution is -2.35. The fourth-order valence-corrected chi connectivity index (χ4v) is 4.80. The summed E-state index contributed by atoms with van der Waals surface area (Å²) >= 11 is 0. The highest BCUT2D eigenvalue weighted by Crippen LogP contribution is 2.21. The second kappa shape index (κ2) is 9.43. The van der Waals surface area contributed by atoms with Gasteiger partial charge in [0.25, 0.3) is 0 Å². The first-order chi connectivity index (χ1) is 14.0. The van der Waals surface area contributed by atoms with Gasteiger partial charge in [-0.3, -0.25) is 4.72 Å². The average molecular weight is 488 g/mol. The molecule has 0 spiro atoms. The quantitative estimate of drug-likeness (QED) is 0.522. The maximum absolute atomic E-state index is 12.8. The lowest BCUT2D eigenvalue weighted by atomic mass is 10.3. The van der Waals surface area contributed by atoms with E-state index in [1.165, 1.54) is 35.6 Å². The van der Waals surface area contributed by atoms with E-state index in [0.717, 1.165) is 23.2 Å². The smallest absolute Gasteiger partial charge is 0.242 e. The number of hydrogen-bond donors (Lipinski definition) is 1. The van der Waals surface area contributed by atoms with Crippen LogP contribution in [0.5, 0.6) is 0 Å². The van der Waals surface area contributed by atoms with Crippen LogP contribution in [0.2, 0.25) is 0 Å². The third kappa shape index (κ3) is 5.67. The number of rotatable bonds is 8. The topological polar surface area (TPSA) is 105 Å². The van der Waals surface area contributed by atoms with Crippen LogP contribution in [0, 0.1) is 0 Å². The molecule has 2 aromatic carbocycles. The van der Waals surface area contributed by atoms with Gasteiger partial charge in [0.05, 0.1) is 22.2 Å². The Bertz CT molecular complexity index is 1260. The van der Waals surface area contributed by atoms with Crippen LogP contribution >= 0.6 is 12.4 Å². The molecule has 3 rings (SSSR count). The highest BCUT2D eigenvalue weighted by molar-refractivity contribution is 7.92. The third-order valence-corrected chi connectivity index (χ3v) is 7.20. The van der Waals surface area contributed by atoms with Crippen LogP contribution in [0.3, 0.4) is 0 Å². The van der Waals surface area contributed by atoms with Crippen LogP contribution in [0.4, 0.5) is 11.6 Å². The molecular weight excluding hydrogens is 462 g/mol. The summed E-state index contributed by atoms with van der Waals surface area (Å²) in [6.45, 7) is 0.700. The summed E-state index contributed by atoms with van der Waals surface area (Å²) in [6.07, 6.45) is 1.03. The van der Waals surface area contributed by atoms with Crippen LogP contribution in [0.1, 0.15) is 0 Å². The van der Waals surface area contributed by atoms with E-state index in [9.17, 15) is 16.8 Å². The van der Waals surface area contributed by atoms with Gasteiger partial charge in [-0.1, -0.05) is 12.1 Å². The lowest BCUT2D eigenvalue weighted by molar-refractivity contribution is 0.472. The number of benzene rings is 2. The zero-order valence-corrected chi connectivity index (χ0v) is 20.1. The van der Waals surface area contributed by atoms with Crippen molar-refractivity contribution in [2.24, 2.45) is 7.05 Å². The van der Waals surface area contributed by atoms with Gasteiger partial charge >= 0.3 is 0 Å². The zero-order chi connectivity index (χ0) is 22.1. The number of para-hydroxylation sites is 2. The van der Waals surface area contributed by atoms with Crippen molar-refractivity contribution in [3.63, 3.8) is 0 Å². The number of hydrogen-bond acceptors (Lipinski definition) is 6. The maximum Gasteiger partial charge on any atom is 0.242 e. The number of aryl methyl sites for hydroxylation is 1. The van der Waals surface area contributed by atoms with E-state index >= 15 is 0 Å². The molecule has 12 heteroatoms. The molecule has 0 unspecified atom stereocenters. The van der Waals surface area contributed by atoms with Crippen molar-refractivity contribution in [2.75, 3.05) is 43.1 Å². The molecule has 0 aliphatic rings. The summed E-state index contributed by atoms with van der Waals surface area (Å²) in [6, 6.07) is 13.4. The Labute approximate surface area is 189 Å².